The maximum Gasteiger partial charge on any atom is 0.296 e. The van der Waals surface area contributed by atoms with Gasteiger partial charge in [0.15, 0.2) is 12.0 Å². The molecule has 0 atom stereocenters. The summed E-state index contributed by atoms with van der Waals surface area (Å²) >= 11 is 0. The van der Waals surface area contributed by atoms with Crippen LogP contribution in [0.3, 0.4) is 0 Å². The fourth-order valence-corrected chi connectivity index (χ4v) is 0.987. The molecule has 0 fully saturated rings. The van der Waals surface area contributed by atoms with Crippen LogP contribution in [0.5, 0.6) is 0 Å². The van der Waals surface area contributed by atoms with Crippen LogP contribution in [-0.4, -0.2) is 6.29 Å². The minimum atomic E-state index is -2.73. The Morgan fingerprint density at radius 2 is 2.08 bits per heavy atom. The van der Waals surface area contributed by atoms with Gasteiger partial charge >= 0.3 is 0 Å². The number of furan rings is 1. The molecule has 0 radical (unpaired) electrons. The van der Waals surface area contributed by atoms with Crippen molar-refractivity contribution in [1.29, 1.82) is 0 Å². The Labute approximate surface area is 74.5 Å². The molecule has 2 nitrogen and oxygen atoms in total. The lowest BCUT2D eigenvalue weighted by Crippen LogP contribution is -1.85. The van der Waals surface area contributed by atoms with E-state index in [0.29, 0.717) is 12.0 Å². The summed E-state index contributed by atoms with van der Waals surface area (Å²) in [6.45, 7) is 3.62. The summed E-state index contributed by atoms with van der Waals surface area (Å²) in [6, 6.07) is 1.36. The van der Waals surface area contributed by atoms with E-state index in [2.05, 4.69) is 0 Å². The lowest BCUT2D eigenvalue weighted by atomic mass is 10.1. The van der Waals surface area contributed by atoms with Crippen LogP contribution in [0.15, 0.2) is 10.5 Å². The van der Waals surface area contributed by atoms with Gasteiger partial charge in [0.1, 0.15) is 5.76 Å². The standard InChI is InChI=1S/C9H10F2O2/c1-5(2)7-3-6(4-12)8(13-7)9(10)11/h3-5,9H,1-2H3. The van der Waals surface area contributed by atoms with Crippen molar-refractivity contribution in [3.05, 3.63) is 23.2 Å². The minimum Gasteiger partial charge on any atom is -0.459 e. The number of halogens is 2. The maximum absolute atomic E-state index is 12.2. The molecule has 0 spiro atoms. The molecule has 13 heavy (non-hydrogen) atoms. The van der Waals surface area contributed by atoms with Crippen LogP contribution in [0.1, 0.15) is 48.1 Å². The Kier molecular flexibility index (Phi) is 2.80. The van der Waals surface area contributed by atoms with Gasteiger partial charge in [0.2, 0.25) is 0 Å². The summed E-state index contributed by atoms with van der Waals surface area (Å²) in [7, 11) is 0. The summed E-state index contributed by atoms with van der Waals surface area (Å²) in [5.41, 5.74) is -0.0568. The zero-order valence-corrected chi connectivity index (χ0v) is 7.38. The molecule has 1 rings (SSSR count). The first-order valence-corrected chi connectivity index (χ1v) is 3.93. The molecule has 0 aliphatic rings. The summed E-state index contributed by atoms with van der Waals surface area (Å²) in [6.07, 6.45) is -2.34. The molecule has 0 amide bonds. The molecule has 1 aromatic heterocycles. The molecule has 0 saturated heterocycles. The van der Waals surface area contributed by atoms with E-state index in [9.17, 15) is 13.6 Å². The highest BCUT2D eigenvalue weighted by atomic mass is 19.3. The second kappa shape index (κ2) is 3.68. The zero-order chi connectivity index (χ0) is 10.0. The van der Waals surface area contributed by atoms with Gasteiger partial charge in [-0.2, -0.15) is 0 Å². The van der Waals surface area contributed by atoms with Crippen molar-refractivity contribution in [2.75, 3.05) is 0 Å². The van der Waals surface area contributed by atoms with E-state index in [1.54, 1.807) is 0 Å². The van der Waals surface area contributed by atoms with Gasteiger partial charge in [0.25, 0.3) is 6.43 Å². The van der Waals surface area contributed by atoms with Gasteiger partial charge in [0.05, 0.1) is 5.56 Å². The van der Waals surface area contributed by atoms with E-state index in [4.69, 9.17) is 4.42 Å². The molecule has 0 N–H and O–H groups in total. The third-order valence-corrected chi connectivity index (χ3v) is 1.70. The predicted octanol–water partition coefficient (Wildman–Crippen LogP) is 3.15. The molecule has 0 aromatic carbocycles. The Bertz CT molecular complexity index is 303. The molecular weight excluding hydrogens is 178 g/mol. The number of hydrogen-bond acceptors (Lipinski definition) is 2. The van der Waals surface area contributed by atoms with Crippen molar-refractivity contribution in [1.82, 2.24) is 0 Å². The van der Waals surface area contributed by atoms with Crippen molar-refractivity contribution in [3.63, 3.8) is 0 Å². The number of carbonyl (C=O) groups excluding carboxylic acids is 1. The third-order valence-electron chi connectivity index (χ3n) is 1.70. The number of rotatable bonds is 3. The summed E-state index contributed by atoms with van der Waals surface area (Å²) in [5.74, 6) is -0.109. The van der Waals surface area contributed by atoms with Crippen LogP contribution in [-0.2, 0) is 0 Å². The van der Waals surface area contributed by atoms with Gasteiger partial charge in [-0.25, -0.2) is 8.78 Å². The lowest BCUT2D eigenvalue weighted by Gasteiger charge is -1.98. The summed E-state index contributed by atoms with van der Waals surface area (Å²) < 4.78 is 29.3. The first-order chi connectivity index (χ1) is 6.06. The van der Waals surface area contributed by atoms with E-state index in [1.807, 2.05) is 13.8 Å². The molecule has 0 aliphatic heterocycles. The largest absolute Gasteiger partial charge is 0.459 e. The average Bonchev–Trinajstić information content (AvgIpc) is 2.47. The highest BCUT2D eigenvalue weighted by Crippen LogP contribution is 2.28. The van der Waals surface area contributed by atoms with Crippen molar-refractivity contribution >= 4 is 6.29 Å². The number of alkyl halides is 2. The fourth-order valence-electron chi connectivity index (χ4n) is 0.987. The predicted molar refractivity (Wildman–Crippen MR) is 43.1 cm³/mol. The summed E-state index contributed by atoms with van der Waals surface area (Å²) in [4.78, 5) is 10.4. The van der Waals surface area contributed by atoms with E-state index >= 15 is 0 Å². The monoisotopic (exact) mass is 188 g/mol. The van der Waals surface area contributed by atoms with Crippen LogP contribution in [0, 0.1) is 0 Å². The molecule has 0 aliphatic carbocycles. The van der Waals surface area contributed by atoms with Gasteiger partial charge in [-0.1, -0.05) is 13.8 Å². The molecule has 72 valence electrons. The second-order valence-corrected chi connectivity index (χ2v) is 3.04. The van der Waals surface area contributed by atoms with E-state index in [1.165, 1.54) is 6.07 Å². The van der Waals surface area contributed by atoms with E-state index < -0.39 is 12.2 Å². The van der Waals surface area contributed by atoms with Gasteiger partial charge in [0, 0.05) is 5.92 Å². The van der Waals surface area contributed by atoms with Crippen LogP contribution < -0.4 is 0 Å². The van der Waals surface area contributed by atoms with Gasteiger partial charge in [-0.05, 0) is 6.07 Å². The highest BCUT2D eigenvalue weighted by Gasteiger charge is 2.20. The third kappa shape index (κ3) is 1.94. The van der Waals surface area contributed by atoms with Crippen LogP contribution in [0.2, 0.25) is 0 Å². The van der Waals surface area contributed by atoms with E-state index in [0.717, 1.165) is 0 Å². The van der Waals surface area contributed by atoms with Gasteiger partial charge in [-0.3, -0.25) is 4.79 Å². The number of carbonyl (C=O) groups is 1. The van der Waals surface area contributed by atoms with Crippen LogP contribution >= 0.6 is 0 Å². The van der Waals surface area contributed by atoms with E-state index in [-0.39, 0.29) is 11.5 Å². The fraction of sp³-hybridized carbons (Fsp3) is 0.444. The summed E-state index contributed by atoms with van der Waals surface area (Å²) in [5, 5.41) is 0. The molecule has 0 bridgehead atoms. The topological polar surface area (TPSA) is 30.2 Å². The molecule has 0 saturated carbocycles. The van der Waals surface area contributed by atoms with Crippen molar-refractivity contribution in [3.8, 4) is 0 Å². The highest BCUT2D eigenvalue weighted by molar-refractivity contribution is 5.76. The molecule has 1 aromatic rings. The van der Waals surface area contributed by atoms with Crippen molar-refractivity contribution < 1.29 is 18.0 Å². The SMILES string of the molecule is CC(C)c1cc(C=O)c(C(F)F)o1. The number of hydrogen-bond donors (Lipinski definition) is 0. The molecule has 4 heteroatoms. The van der Waals surface area contributed by atoms with Crippen molar-refractivity contribution in [2.45, 2.75) is 26.2 Å². The Morgan fingerprint density at radius 3 is 2.38 bits per heavy atom. The maximum atomic E-state index is 12.2. The second-order valence-electron chi connectivity index (χ2n) is 3.04. The molecular formula is C9H10F2O2. The average molecular weight is 188 g/mol. The minimum absolute atomic E-state index is 0.00574. The van der Waals surface area contributed by atoms with Crippen molar-refractivity contribution in [2.24, 2.45) is 0 Å². The van der Waals surface area contributed by atoms with Crippen LogP contribution in [0.4, 0.5) is 8.78 Å². The zero-order valence-electron chi connectivity index (χ0n) is 7.38. The normalized spacial score (nSPS) is 11.2. The smallest absolute Gasteiger partial charge is 0.296 e. The Hall–Kier alpha value is -1.19. The first kappa shape index (κ1) is 9.89. The lowest BCUT2D eigenvalue weighted by molar-refractivity contribution is 0.106. The Balaban J connectivity index is 3.11. The first-order valence-electron chi connectivity index (χ1n) is 3.93. The Morgan fingerprint density at radius 1 is 1.46 bits per heavy atom. The number of aldehydes is 1. The molecule has 0 unspecified atom stereocenters. The molecule has 1 heterocycles. The quantitative estimate of drug-likeness (QED) is 0.682. The van der Waals surface area contributed by atoms with Crippen LogP contribution in [0.25, 0.3) is 0 Å². The van der Waals surface area contributed by atoms with Gasteiger partial charge < -0.3 is 4.42 Å². The van der Waals surface area contributed by atoms with Gasteiger partial charge in [-0.15, -0.1) is 0 Å².